The largest absolute Gasteiger partial charge is 0.0622 e. The molecule has 1 aliphatic rings. The Balaban J connectivity index is 1.34. The second kappa shape index (κ2) is 9.04. The van der Waals surface area contributed by atoms with Crippen LogP contribution in [-0.2, 0) is 5.41 Å². The predicted octanol–water partition coefficient (Wildman–Crippen LogP) is 11.3. The summed E-state index contributed by atoms with van der Waals surface area (Å²) in [5.74, 6) is 0. The molecule has 0 aliphatic heterocycles. The Labute approximate surface area is 241 Å². The lowest BCUT2D eigenvalue weighted by Crippen LogP contribution is -2.14. The minimum atomic E-state index is -0.0194. The van der Waals surface area contributed by atoms with Gasteiger partial charge in [-0.3, -0.25) is 0 Å². The van der Waals surface area contributed by atoms with Crippen LogP contribution >= 0.6 is 0 Å². The van der Waals surface area contributed by atoms with Crippen molar-refractivity contribution in [2.24, 2.45) is 0 Å². The SMILES string of the molecule is CC1(C)c2ccccc2-c2cc3ccc4ccc(-c5cc(-c6ccccc6)cc(-c6ccccc6)c5)cc4c3cc21. The van der Waals surface area contributed by atoms with Crippen molar-refractivity contribution in [1.82, 2.24) is 0 Å². The summed E-state index contributed by atoms with van der Waals surface area (Å²) < 4.78 is 0. The number of benzene rings is 7. The minimum absolute atomic E-state index is 0.0194. The summed E-state index contributed by atoms with van der Waals surface area (Å²) in [5, 5.41) is 5.20. The van der Waals surface area contributed by atoms with E-state index in [0.29, 0.717) is 0 Å². The maximum absolute atomic E-state index is 2.46. The molecule has 7 aromatic rings. The Bertz CT molecular complexity index is 2040. The molecule has 0 unspecified atom stereocenters. The molecule has 0 heterocycles. The molecule has 0 aromatic heterocycles. The van der Waals surface area contributed by atoms with Crippen molar-refractivity contribution in [3.8, 4) is 44.5 Å². The lowest BCUT2D eigenvalue weighted by molar-refractivity contribution is 0.661. The molecule has 0 saturated carbocycles. The Kier molecular flexibility index (Phi) is 5.27. The van der Waals surface area contributed by atoms with Gasteiger partial charge in [0, 0.05) is 5.41 Å². The van der Waals surface area contributed by atoms with E-state index in [2.05, 4.69) is 159 Å². The molecule has 0 radical (unpaired) electrons. The van der Waals surface area contributed by atoms with Crippen LogP contribution in [-0.4, -0.2) is 0 Å². The molecular weight excluding hydrogens is 492 g/mol. The van der Waals surface area contributed by atoms with Crippen molar-refractivity contribution >= 4 is 21.5 Å². The maximum Gasteiger partial charge on any atom is 0.0159 e. The van der Waals surface area contributed by atoms with Crippen LogP contribution in [0.1, 0.15) is 25.0 Å². The van der Waals surface area contributed by atoms with E-state index in [4.69, 9.17) is 0 Å². The fraction of sp³-hybridized carbons (Fsp3) is 0.0732. The van der Waals surface area contributed by atoms with Gasteiger partial charge in [0.15, 0.2) is 0 Å². The van der Waals surface area contributed by atoms with Crippen molar-refractivity contribution in [3.05, 3.63) is 157 Å². The van der Waals surface area contributed by atoms with Gasteiger partial charge in [-0.2, -0.15) is 0 Å². The molecule has 0 bridgehead atoms. The zero-order chi connectivity index (χ0) is 27.6. The summed E-state index contributed by atoms with van der Waals surface area (Å²) in [4.78, 5) is 0. The first-order valence-electron chi connectivity index (χ1n) is 14.4. The minimum Gasteiger partial charge on any atom is -0.0622 e. The van der Waals surface area contributed by atoms with Crippen LogP contribution < -0.4 is 0 Å². The third kappa shape index (κ3) is 3.83. The van der Waals surface area contributed by atoms with Gasteiger partial charge in [0.1, 0.15) is 0 Å². The van der Waals surface area contributed by atoms with Crippen LogP contribution in [0.25, 0.3) is 66.1 Å². The monoisotopic (exact) mass is 522 g/mol. The molecule has 0 nitrogen and oxygen atoms in total. The van der Waals surface area contributed by atoms with E-state index in [1.165, 1.54) is 77.2 Å². The summed E-state index contributed by atoms with van der Waals surface area (Å²) in [5.41, 5.74) is 13.0. The van der Waals surface area contributed by atoms with E-state index >= 15 is 0 Å². The molecule has 0 amide bonds. The zero-order valence-electron chi connectivity index (χ0n) is 23.4. The zero-order valence-corrected chi connectivity index (χ0v) is 23.4. The topological polar surface area (TPSA) is 0 Å². The second-order valence-corrected chi connectivity index (χ2v) is 11.8. The molecule has 8 rings (SSSR count). The molecule has 0 spiro atoms. The average molecular weight is 523 g/mol. The first kappa shape index (κ1) is 23.9. The van der Waals surface area contributed by atoms with Gasteiger partial charge in [0.2, 0.25) is 0 Å². The van der Waals surface area contributed by atoms with Gasteiger partial charge in [-0.25, -0.2) is 0 Å². The summed E-state index contributed by atoms with van der Waals surface area (Å²) >= 11 is 0. The van der Waals surface area contributed by atoms with Crippen molar-refractivity contribution < 1.29 is 0 Å². The highest BCUT2D eigenvalue weighted by atomic mass is 14.4. The van der Waals surface area contributed by atoms with E-state index in [1.54, 1.807) is 0 Å². The highest BCUT2D eigenvalue weighted by molar-refractivity contribution is 6.11. The molecule has 194 valence electrons. The maximum atomic E-state index is 2.46. The van der Waals surface area contributed by atoms with Crippen LogP contribution in [0.2, 0.25) is 0 Å². The van der Waals surface area contributed by atoms with E-state index < -0.39 is 0 Å². The molecular formula is C41H30. The molecule has 0 atom stereocenters. The first-order valence-corrected chi connectivity index (χ1v) is 14.4. The number of fused-ring (bicyclic) bond motifs is 6. The number of hydrogen-bond donors (Lipinski definition) is 0. The lowest BCUT2D eigenvalue weighted by atomic mass is 9.81. The summed E-state index contributed by atoms with van der Waals surface area (Å²) in [6.07, 6.45) is 0. The molecule has 41 heavy (non-hydrogen) atoms. The standard InChI is InChI=1S/C41H30/c1-41(2)39-16-10-9-15-35(39)38-25-31-20-18-29-17-19-30(24-36(29)37(31)26-40(38)41)34-22-32(27-11-5-3-6-12-27)21-33(23-34)28-13-7-4-8-14-28/h3-26H,1-2H3. The van der Waals surface area contributed by atoms with Gasteiger partial charge in [0.05, 0.1) is 0 Å². The van der Waals surface area contributed by atoms with Crippen LogP contribution in [0.3, 0.4) is 0 Å². The molecule has 0 heteroatoms. The van der Waals surface area contributed by atoms with E-state index in [0.717, 1.165) is 0 Å². The molecule has 7 aromatic carbocycles. The fourth-order valence-corrected chi connectivity index (χ4v) is 6.82. The molecule has 0 N–H and O–H groups in total. The van der Waals surface area contributed by atoms with Crippen LogP contribution in [0.4, 0.5) is 0 Å². The van der Waals surface area contributed by atoms with Gasteiger partial charge in [0.25, 0.3) is 0 Å². The number of hydrogen-bond acceptors (Lipinski definition) is 0. The molecule has 0 fully saturated rings. The predicted molar refractivity (Wildman–Crippen MR) is 175 cm³/mol. The fourth-order valence-electron chi connectivity index (χ4n) is 6.82. The Morgan fingerprint density at radius 2 is 0.878 bits per heavy atom. The van der Waals surface area contributed by atoms with Crippen molar-refractivity contribution in [3.63, 3.8) is 0 Å². The normalized spacial score (nSPS) is 13.3. The summed E-state index contributed by atoms with van der Waals surface area (Å²) in [6.45, 7) is 4.72. The lowest BCUT2D eigenvalue weighted by Gasteiger charge is -2.22. The van der Waals surface area contributed by atoms with Crippen LogP contribution in [0.5, 0.6) is 0 Å². The van der Waals surface area contributed by atoms with E-state index in [1.807, 2.05) is 0 Å². The van der Waals surface area contributed by atoms with Crippen molar-refractivity contribution in [1.29, 1.82) is 0 Å². The smallest absolute Gasteiger partial charge is 0.0159 e. The highest BCUT2D eigenvalue weighted by Crippen LogP contribution is 2.50. The Morgan fingerprint density at radius 3 is 1.56 bits per heavy atom. The highest BCUT2D eigenvalue weighted by Gasteiger charge is 2.35. The van der Waals surface area contributed by atoms with Crippen LogP contribution in [0, 0.1) is 0 Å². The van der Waals surface area contributed by atoms with Gasteiger partial charge in [-0.05, 0) is 114 Å². The second-order valence-electron chi connectivity index (χ2n) is 11.8. The van der Waals surface area contributed by atoms with E-state index in [-0.39, 0.29) is 5.41 Å². The van der Waals surface area contributed by atoms with Gasteiger partial charge in [-0.15, -0.1) is 0 Å². The molecule has 0 saturated heterocycles. The Morgan fingerprint density at radius 1 is 0.341 bits per heavy atom. The quantitative estimate of drug-likeness (QED) is 0.202. The van der Waals surface area contributed by atoms with Gasteiger partial charge in [-0.1, -0.05) is 123 Å². The Hall–Kier alpha value is -4.94. The third-order valence-corrected chi connectivity index (χ3v) is 9.02. The van der Waals surface area contributed by atoms with Crippen molar-refractivity contribution in [2.45, 2.75) is 19.3 Å². The summed E-state index contributed by atoms with van der Waals surface area (Å²) in [7, 11) is 0. The van der Waals surface area contributed by atoms with E-state index in [9.17, 15) is 0 Å². The molecule has 1 aliphatic carbocycles. The third-order valence-electron chi connectivity index (χ3n) is 9.02. The van der Waals surface area contributed by atoms with Crippen molar-refractivity contribution in [2.75, 3.05) is 0 Å². The first-order chi connectivity index (χ1) is 20.1. The van der Waals surface area contributed by atoms with Gasteiger partial charge >= 0.3 is 0 Å². The van der Waals surface area contributed by atoms with Gasteiger partial charge < -0.3 is 0 Å². The van der Waals surface area contributed by atoms with Crippen LogP contribution in [0.15, 0.2) is 146 Å². The average Bonchev–Trinajstić information content (AvgIpc) is 3.26. The summed E-state index contributed by atoms with van der Waals surface area (Å²) in [6, 6.07) is 53.7. The number of rotatable bonds is 3.